The van der Waals surface area contributed by atoms with Gasteiger partial charge in [-0.2, -0.15) is 13.2 Å². The summed E-state index contributed by atoms with van der Waals surface area (Å²) >= 11 is 0. The van der Waals surface area contributed by atoms with E-state index in [1.807, 2.05) is 4.72 Å². The normalized spacial score (nSPS) is 18.3. The van der Waals surface area contributed by atoms with Crippen LogP contribution in [-0.4, -0.2) is 27.0 Å². The van der Waals surface area contributed by atoms with Crippen LogP contribution in [0.2, 0.25) is 0 Å². The molecular formula is C31H37F3N2O4S. The zero-order valence-electron chi connectivity index (χ0n) is 23.6. The highest BCUT2D eigenvalue weighted by atomic mass is 32.2. The van der Waals surface area contributed by atoms with Crippen LogP contribution in [0.25, 0.3) is 10.8 Å². The van der Waals surface area contributed by atoms with Crippen molar-refractivity contribution >= 4 is 26.7 Å². The summed E-state index contributed by atoms with van der Waals surface area (Å²) in [4.78, 5) is 12.1. The highest BCUT2D eigenvalue weighted by molar-refractivity contribution is 7.90. The quantitative estimate of drug-likeness (QED) is 0.267. The molecule has 0 atom stereocenters. The lowest BCUT2D eigenvalue weighted by molar-refractivity contribution is -0.138. The minimum atomic E-state index is -4.58. The third kappa shape index (κ3) is 8.01. The Morgan fingerprint density at radius 3 is 2.27 bits per heavy atom. The van der Waals surface area contributed by atoms with Crippen molar-refractivity contribution in [2.75, 3.05) is 6.54 Å². The maximum Gasteiger partial charge on any atom is 0.420 e. The van der Waals surface area contributed by atoms with Crippen LogP contribution in [0.15, 0.2) is 65.6 Å². The molecule has 6 nitrogen and oxygen atoms in total. The van der Waals surface area contributed by atoms with E-state index in [2.05, 4.69) is 26.1 Å². The number of fused-ring (bicyclic) bond motifs is 1. The van der Waals surface area contributed by atoms with Crippen LogP contribution in [0.5, 0.6) is 5.75 Å². The van der Waals surface area contributed by atoms with E-state index in [0.717, 1.165) is 31.2 Å². The minimum absolute atomic E-state index is 0.00262. The van der Waals surface area contributed by atoms with E-state index in [1.165, 1.54) is 24.3 Å². The maximum absolute atomic E-state index is 14.2. The van der Waals surface area contributed by atoms with Crippen LogP contribution < -0.4 is 14.8 Å². The predicted molar refractivity (Wildman–Crippen MR) is 153 cm³/mol. The van der Waals surface area contributed by atoms with Crippen LogP contribution >= 0.6 is 0 Å². The number of hydrogen-bond acceptors (Lipinski definition) is 5. The number of nitrogens with one attached hydrogen (secondary N) is 2. The van der Waals surface area contributed by atoms with Crippen LogP contribution in [0.3, 0.4) is 0 Å². The molecule has 1 aliphatic carbocycles. The van der Waals surface area contributed by atoms with Crippen molar-refractivity contribution in [1.82, 2.24) is 10.0 Å². The van der Waals surface area contributed by atoms with Crippen LogP contribution in [0, 0.1) is 11.3 Å². The smallest absolute Gasteiger partial charge is 0.420 e. The fourth-order valence-electron chi connectivity index (χ4n) is 5.38. The molecule has 0 unspecified atom stereocenters. The molecule has 4 rings (SSSR count). The summed E-state index contributed by atoms with van der Waals surface area (Å²) in [5.74, 6) is -0.259. The van der Waals surface area contributed by atoms with Crippen molar-refractivity contribution < 1.29 is 31.1 Å². The summed E-state index contributed by atoms with van der Waals surface area (Å²) in [6.45, 7) is 7.08. The van der Waals surface area contributed by atoms with Gasteiger partial charge in [0, 0.05) is 19.5 Å². The van der Waals surface area contributed by atoms with Crippen molar-refractivity contribution in [1.29, 1.82) is 0 Å². The minimum Gasteiger partial charge on any atom is -0.490 e. The second-order valence-corrected chi connectivity index (χ2v) is 13.4. The van der Waals surface area contributed by atoms with Gasteiger partial charge in [-0.15, -0.1) is 0 Å². The summed E-state index contributed by atoms with van der Waals surface area (Å²) in [7, 11) is -3.94. The molecule has 1 saturated carbocycles. The molecule has 0 saturated heterocycles. The van der Waals surface area contributed by atoms with Crippen molar-refractivity contribution in [2.45, 2.75) is 76.6 Å². The zero-order chi connectivity index (χ0) is 29.8. The van der Waals surface area contributed by atoms with Gasteiger partial charge < -0.3 is 10.1 Å². The van der Waals surface area contributed by atoms with E-state index in [0.29, 0.717) is 17.8 Å². The van der Waals surface area contributed by atoms with Crippen LogP contribution in [0.1, 0.15) is 64.0 Å². The second-order valence-electron chi connectivity index (χ2n) is 11.7. The number of ether oxygens (including phenoxy) is 1. The first-order valence-electron chi connectivity index (χ1n) is 13.8. The van der Waals surface area contributed by atoms with Gasteiger partial charge >= 0.3 is 6.18 Å². The predicted octanol–water partition coefficient (Wildman–Crippen LogP) is 6.83. The molecule has 0 spiro atoms. The Kier molecular flexibility index (Phi) is 9.33. The maximum atomic E-state index is 14.2. The van der Waals surface area contributed by atoms with E-state index in [9.17, 15) is 26.4 Å². The van der Waals surface area contributed by atoms with Gasteiger partial charge in [0.2, 0.25) is 5.91 Å². The van der Waals surface area contributed by atoms with Crippen molar-refractivity contribution in [3.8, 4) is 5.75 Å². The molecule has 0 aliphatic heterocycles. The number of halogens is 3. The molecule has 0 bridgehead atoms. The molecule has 3 aromatic carbocycles. The van der Waals surface area contributed by atoms with Gasteiger partial charge in [-0.25, -0.2) is 13.1 Å². The Balaban J connectivity index is 1.37. The molecule has 1 amide bonds. The van der Waals surface area contributed by atoms with Gasteiger partial charge in [-0.3, -0.25) is 4.79 Å². The highest BCUT2D eigenvalue weighted by Gasteiger charge is 2.38. The average Bonchev–Trinajstić information content (AvgIpc) is 2.90. The Morgan fingerprint density at radius 1 is 0.951 bits per heavy atom. The number of benzene rings is 3. The topological polar surface area (TPSA) is 84.5 Å². The van der Waals surface area contributed by atoms with Gasteiger partial charge in [-0.05, 0) is 77.6 Å². The Hall–Kier alpha value is -3.11. The van der Waals surface area contributed by atoms with Gasteiger partial charge in [0.1, 0.15) is 11.3 Å². The van der Waals surface area contributed by atoms with E-state index in [-0.39, 0.29) is 40.5 Å². The summed E-state index contributed by atoms with van der Waals surface area (Å²) in [5, 5.41) is 3.56. The first kappa shape index (κ1) is 30.8. The van der Waals surface area contributed by atoms with Crippen molar-refractivity contribution in [3.05, 3.63) is 71.8 Å². The number of sulfonamides is 1. The lowest BCUT2D eigenvalue weighted by Crippen LogP contribution is -2.32. The second kappa shape index (κ2) is 12.4. The third-order valence-corrected chi connectivity index (χ3v) is 9.07. The van der Waals surface area contributed by atoms with E-state index >= 15 is 0 Å². The largest absolute Gasteiger partial charge is 0.490 e. The molecule has 222 valence electrons. The van der Waals surface area contributed by atoms with Crippen molar-refractivity contribution in [3.63, 3.8) is 0 Å². The molecule has 1 aliphatic rings. The standard InChI is InChI=1S/C31H37F3N2O4S/c1-30(2,3)23-11-13-24(14-12-23)40-27-16-10-22-19-21(9-15-26(22)29(27)31(32,33)34)20-35-18-17-28(37)36-41(38,39)25-7-5-4-6-8-25/h4-10,15-16,19,23-24,35H,11-14,17-18,20H2,1-3H3,(H,36,37)/t23-,24-. The lowest BCUT2D eigenvalue weighted by Gasteiger charge is -2.37. The number of hydrogen-bond donors (Lipinski definition) is 2. The lowest BCUT2D eigenvalue weighted by atomic mass is 9.72. The van der Waals surface area contributed by atoms with E-state index in [1.54, 1.807) is 36.4 Å². The average molecular weight is 591 g/mol. The summed E-state index contributed by atoms with van der Waals surface area (Å²) < 4.78 is 75.2. The molecule has 2 N–H and O–H groups in total. The number of rotatable bonds is 9. The van der Waals surface area contributed by atoms with Crippen LogP contribution in [0.4, 0.5) is 13.2 Å². The molecular weight excluding hydrogens is 553 g/mol. The Labute approximate surface area is 239 Å². The molecule has 10 heteroatoms. The van der Waals surface area contributed by atoms with Gasteiger partial charge in [0.05, 0.1) is 11.0 Å². The summed E-state index contributed by atoms with van der Waals surface area (Å²) in [5.41, 5.74) is 0.147. The summed E-state index contributed by atoms with van der Waals surface area (Å²) in [6.07, 6.45) is -1.57. The number of alkyl halides is 3. The molecule has 0 radical (unpaired) electrons. The SMILES string of the molecule is CC(C)(C)[C@H]1CC[C@H](Oc2ccc3cc(CNCCC(=O)NS(=O)(=O)c4ccccc4)ccc3c2C(F)(F)F)CC1. The van der Waals surface area contributed by atoms with Crippen molar-refractivity contribution in [2.24, 2.45) is 11.3 Å². The number of carbonyl (C=O) groups is 1. The van der Waals surface area contributed by atoms with E-state index < -0.39 is 27.7 Å². The first-order chi connectivity index (χ1) is 19.2. The summed E-state index contributed by atoms with van der Waals surface area (Å²) in [6, 6.07) is 15.4. The molecule has 3 aromatic rings. The molecule has 1 fully saturated rings. The van der Waals surface area contributed by atoms with Gasteiger partial charge in [0.15, 0.2) is 0 Å². The Morgan fingerprint density at radius 2 is 1.63 bits per heavy atom. The molecule has 41 heavy (non-hydrogen) atoms. The highest BCUT2D eigenvalue weighted by Crippen LogP contribution is 2.44. The van der Waals surface area contributed by atoms with Gasteiger partial charge in [0.25, 0.3) is 10.0 Å². The molecule has 0 aromatic heterocycles. The van der Waals surface area contributed by atoms with Crippen LogP contribution in [-0.2, 0) is 27.5 Å². The monoisotopic (exact) mass is 590 g/mol. The van der Waals surface area contributed by atoms with Gasteiger partial charge in [-0.1, -0.05) is 57.2 Å². The molecule has 0 heterocycles. The first-order valence-corrected chi connectivity index (χ1v) is 15.3. The van der Waals surface area contributed by atoms with E-state index in [4.69, 9.17) is 4.74 Å². The number of carbonyl (C=O) groups excluding carboxylic acids is 1. The zero-order valence-corrected chi connectivity index (χ0v) is 24.4. The Bertz CT molecular complexity index is 1460. The number of amides is 1. The third-order valence-electron chi connectivity index (χ3n) is 7.68. The fraction of sp³-hybridized carbons (Fsp3) is 0.452. The fourth-order valence-corrected chi connectivity index (χ4v) is 6.42.